The van der Waals surface area contributed by atoms with Crippen molar-refractivity contribution in [2.45, 2.75) is 30.8 Å². The number of ether oxygens (including phenoxy) is 1. The van der Waals surface area contributed by atoms with Crippen LogP contribution in [0.5, 0.6) is 0 Å². The Morgan fingerprint density at radius 3 is 2.58 bits per heavy atom. The van der Waals surface area contributed by atoms with Crippen LogP contribution in [0.3, 0.4) is 0 Å². The molecule has 1 atom stereocenters. The van der Waals surface area contributed by atoms with Crippen molar-refractivity contribution < 1.29 is 27.7 Å². The lowest BCUT2D eigenvalue weighted by Crippen LogP contribution is -2.40. The van der Waals surface area contributed by atoms with Crippen LogP contribution in [-0.2, 0) is 32.5 Å². The first kappa shape index (κ1) is 22.1. The zero-order chi connectivity index (χ0) is 23.1. The molecular formula is C18H18N4O8S. The number of methoxy groups -OCH3 is 1. The Bertz CT molecular complexity index is 1270. The maximum Gasteiger partial charge on any atom is 0.339 e. The number of aromatic nitrogens is 1. The fourth-order valence-electron chi connectivity index (χ4n) is 3.48. The summed E-state index contributed by atoms with van der Waals surface area (Å²) in [5.41, 5.74) is -1.16. The van der Waals surface area contributed by atoms with E-state index in [0.29, 0.717) is 17.7 Å². The molecule has 2 heterocycles. The summed E-state index contributed by atoms with van der Waals surface area (Å²) in [7, 11) is -2.84. The lowest BCUT2D eigenvalue weighted by Gasteiger charge is -2.23. The third-order valence-corrected chi connectivity index (χ3v) is 5.77. The maximum atomic E-state index is 13.0. The third-order valence-electron chi connectivity index (χ3n) is 4.85. The molecule has 164 valence electrons. The molecular weight excluding hydrogens is 432 g/mol. The van der Waals surface area contributed by atoms with Crippen LogP contribution in [0.15, 0.2) is 40.2 Å². The Hall–Kier alpha value is -3.58. The van der Waals surface area contributed by atoms with Gasteiger partial charge in [0.15, 0.2) is 0 Å². The molecule has 0 bridgehead atoms. The molecule has 1 aromatic carbocycles. The van der Waals surface area contributed by atoms with Gasteiger partial charge < -0.3 is 9.64 Å². The van der Waals surface area contributed by atoms with Crippen LogP contribution in [0.4, 0.5) is 11.4 Å². The van der Waals surface area contributed by atoms with E-state index in [-0.39, 0.29) is 16.5 Å². The quantitative estimate of drug-likeness (QED) is 0.381. The Labute approximate surface area is 176 Å². The zero-order valence-electron chi connectivity index (χ0n) is 16.5. The number of amides is 1. The van der Waals surface area contributed by atoms with Gasteiger partial charge in [0.1, 0.15) is 6.54 Å². The average Bonchev–Trinajstić information content (AvgIpc) is 3.02. The summed E-state index contributed by atoms with van der Waals surface area (Å²) in [5, 5.41) is 16.3. The smallest absolute Gasteiger partial charge is 0.339 e. The number of fused-ring (bicyclic) bond motifs is 1. The van der Waals surface area contributed by atoms with E-state index in [2.05, 4.69) is 4.74 Å². The Morgan fingerprint density at radius 1 is 1.32 bits per heavy atom. The number of nitrogens with two attached hydrogens (primary N) is 1. The second-order valence-electron chi connectivity index (χ2n) is 6.95. The van der Waals surface area contributed by atoms with Crippen LogP contribution in [0.2, 0.25) is 0 Å². The molecule has 0 saturated carbocycles. The highest BCUT2D eigenvalue weighted by molar-refractivity contribution is 7.89. The van der Waals surface area contributed by atoms with Crippen LogP contribution in [-0.4, -0.2) is 42.9 Å². The third kappa shape index (κ3) is 4.18. The van der Waals surface area contributed by atoms with E-state index in [1.807, 2.05) is 0 Å². The van der Waals surface area contributed by atoms with Gasteiger partial charge in [-0.2, -0.15) is 0 Å². The molecule has 0 fully saturated rings. The largest absolute Gasteiger partial charge is 0.465 e. The highest BCUT2D eigenvalue weighted by Crippen LogP contribution is 2.34. The number of carbonyl (C=O) groups is 2. The minimum Gasteiger partial charge on any atom is -0.465 e. The number of nitrogens with zero attached hydrogens (tertiary/aromatic N) is 3. The average molecular weight is 450 g/mol. The van der Waals surface area contributed by atoms with Gasteiger partial charge in [-0.3, -0.25) is 24.3 Å². The number of pyridine rings is 1. The summed E-state index contributed by atoms with van der Waals surface area (Å²) in [6.07, 6.45) is 1.37. The van der Waals surface area contributed by atoms with Gasteiger partial charge in [-0.05, 0) is 37.1 Å². The number of benzene rings is 1. The van der Waals surface area contributed by atoms with Crippen molar-refractivity contribution in [1.29, 1.82) is 0 Å². The Balaban J connectivity index is 1.99. The van der Waals surface area contributed by atoms with E-state index < -0.39 is 44.6 Å². The first-order valence-electron chi connectivity index (χ1n) is 8.89. The van der Waals surface area contributed by atoms with Crippen molar-refractivity contribution in [3.63, 3.8) is 0 Å². The predicted molar refractivity (Wildman–Crippen MR) is 107 cm³/mol. The Kier molecular flexibility index (Phi) is 5.65. The van der Waals surface area contributed by atoms with Crippen LogP contribution < -0.4 is 15.6 Å². The van der Waals surface area contributed by atoms with Gasteiger partial charge in [-0.15, -0.1) is 0 Å². The fourth-order valence-corrected chi connectivity index (χ4v) is 4.05. The highest BCUT2D eigenvalue weighted by atomic mass is 32.2. The fraction of sp³-hybridized carbons (Fsp3) is 0.278. The first-order valence-corrected chi connectivity index (χ1v) is 10.4. The van der Waals surface area contributed by atoms with E-state index in [1.54, 1.807) is 6.92 Å². The normalized spacial score (nSPS) is 15.5. The lowest BCUT2D eigenvalue weighted by molar-refractivity contribution is -0.386. The molecule has 0 spiro atoms. The monoisotopic (exact) mass is 450 g/mol. The summed E-state index contributed by atoms with van der Waals surface area (Å²) in [5.74, 6) is -1.48. The van der Waals surface area contributed by atoms with Crippen molar-refractivity contribution in [2.24, 2.45) is 5.14 Å². The number of anilines is 1. The van der Waals surface area contributed by atoms with Gasteiger partial charge in [0, 0.05) is 24.0 Å². The number of nitro groups is 1. The molecule has 1 unspecified atom stereocenters. The van der Waals surface area contributed by atoms with Crippen molar-refractivity contribution in [2.75, 3.05) is 12.0 Å². The predicted octanol–water partition coefficient (Wildman–Crippen LogP) is 0.168. The summed E-state index contributed by atoms with van der Waals surface area (Å²) in [6.45, 7) is 1.15. The van der Waals surface area contributed by atoms with E-state index in [9.17, 15) is 32.9 Å². The number of rotatable bonds is 5. The molecule has 12 nitrogen and oxygen atoms in total. The van der Waals surface area contributed by atoms with Gasteiger partial charge in [-0.1, -0.05) is 0 Å². The standard InChI is InChI=1S/C18H18N4O8S/c1-10-5-11-6-13(31(19,28)29)3-4-14(11)21(10)16(23)9-20-8-12(18(25)30-2)7-15(17(20)24)22(26)27/h3-4,6-8,10H,5,9H2,1-2H3,(H2,19,28,29). The van der Waals surface area contributed by atoms with Gasteiger partial charge >= 0.3 is 17.2 Å². The summed E-state index contributed by atoms with van der Waals surface area (Å²) < 4.78 is 28.5. The molecule has 1 aliphatic heterocycles. The van der Waals surface area contributed by atoms with Gasteiger partial charge in [0.05, 0.1) is 22.5 Å². The first-order chi connectivity index (χ1) is 14.4. The highest BCUT2D eigenvalue weighted by Gasteiger charge is 2.32. The number of primary sulfonamides is 1. The van der Waals surface area contributed by atoms with Crippen LogP contribution in [0.1, 0.15) is 22.8 Å². The number of esters is 1. The van der Waals surface area contributed by atoms with E-state index >= 15 is 0 Å². The molecule has 0 saturated heterocycles. The van der Waals surface area contributed by atoms with Crippen molar-refractivity contribution in [3.8, 4) is 0 Å². The van der Waals surface area contributed by atoms with Crippen molar-refractivity contribution >= 4 is 33.3 Å². The lowest BCUT2D eigenvalue weighted by atomic mass is 10.1. The van der Waals surface area contributed by atoms with Crippen molar-refractivity contribution in [3.05, 3.63) is 62.1 Å². The van der Waals surface area contributed by atoms with Gasteiger partial charge in [-0.25, -0.2) is 18.4 Å². The second kappa shape index (κ2) is 7.92. The Morgan fingerprint density at radius 2 is 2.00 bits per heavy atom. The number of hydrogen-bond acceptors (Lipinski definition) is 8. The molecule has 1 aliphatic rings. The van der Waals surface area contributed by atoms with Crippen LogP contribution >= 0.6 is 0 Å². The molecule has 2 N–H and O–H groups in total. The summed E-state index contributed by atoms with van der Waals surface area (Å²) >= 11 is 0. The topological polar surface area (TPSA) is 172 Å². The minimum absolute atomic E-state index is 0.0922. The molecule has 1 aromatic heterocycles. The van der Waals surface area contributed by atoms with E-state index in [1.165, 1.54) is 23.1 Å². The minimum atomic E-state index is -3.92. The molecule has 2 aromatic rings. The number of hydrogen-bond donors (Lipinski definition) is 1. The SMILES string of the molecule is COC(=O)c1cc([N+](=O)[O-])c(=O)n(CC(=O)N2c3ccc(S(N)(=O)=O)cc3CC2C)c1. The summed E-state index contributed by atoms with van der Waals surface area (Å²) in [6, 6.07) is 4.50. The molecule has 31 heavy (non-hydrogen) atoms. The second-order valence-corrected chi connectivity index (χ2v) is 8.51. The molecule has 0 radical (unpaired) electrons. The van der Waals surface area contributed by atoms with Crippen LogP contribution in [0, 0.1) is 10.1 Å². The molecule has 3 rings (SSSR count). The van der Waals surface area contributed by atoms with Gasteiger partial charge in [0.2, 0.25) is 15.9 Å². The van der Waals surface area contributed by atoms with Crippen molar-refractivity contribution in [1.82, 2.24) is 4.57 Å². The maximum absolute atomic E-state index is 13.0. The number of carbonyl (C=O) groups excluding carboxylic acids is 2. The number of sulfonamides is 1. The van der Waals surface area contributed by atoms with E-state index in [4.69, 9.17) is 5.14 Å². The summed E-state index contributed by atoms with van der Waals surface area (Å²) in [4.78, 5) is 48.7. The molecule has 1 amide bonds. The molecule has 0 aliphatic carbocycles. The van der Waals surface area contributed by atoms with Gasteiger partial charge in [0.25, 0.3) is 0 Å². The molecule has 13 heteroatoms. The van der Waals surface area contributed by atoms with E-state index in [0.717, 1.165) is 23.9 Å². The zero-order valence-corrected chi connectivity index (χ0v) is 17.3. The van der Waals surface area contributed by atoms with Crippen LogP contribution in [0.25, 0.3) is 0 Å².